The first-order valence-electron chi connectivity index (χ1n) is 8.00. The summed E-state index contributed by atoms with van der Waals surface area (Å²) in [7, 11) is 2.01. The SMILES string of the molecule is CCC(CCNC)C1CCN(C(=O)OC(C)(C)C)CC1. The van der Waals surface area contributed by atoms with Crippen LogP contribution in [-0.2, 0) is 4.74 Å². The molecular weight excluding hydrogens is 252 g/mol. The third-order valence-corrected chi connectivity index (χ3v) is 4.15. The van der Waals surface area contributed by atoms with E-state index in [0.717, 1.165) is 44.3 Å². The van der Waals surface area contributed by atoms with Crippen molar-refractivity contribution in [3.05, 3.63) is 0 Å². The summed E-state index contributed by atoms with van der Waals surface area (Å²) in [5.41, 5.74) is -0.396. The number of nitrogens with one attached hydrogen (secondary N) is 1. The Morgan fingerprint density at radius 2 is 1.95 bits per heavy atom. The number of hydrogen-bond donors (Lipinski definition) is 1. The molecule has 0 saturated carbocycles. The highest BCUT2D eigenvalue weighted by Crippen LogP contribution is 2.30. The fraction of sp³-hybridized carbons (Fsp3) is 0.938. The normalized spacial score (nSPS) is 18.9. The first-order valence-corrected chi connectivity index (χ1v) is 8.00. The van der Waals surface area contributed by atoms with E-state index in [1.165, 1.54) is 12.8 Å². The summed E-state index contributed by atoms with van der Waals surface area (Å²) in [6.07, 6.45) is 4.55. The van der Waals surface area contributed by atoms with Gasteiger partial charge in [0.15, 0.2) is 0 Å². The highest BCUT2D eigenvalue weighted by atomic mass is 16.6. The quantitative estimate of drug-likeness (QED) is 0.842. The topological polar surface area (TPSA) is 41.6 Å². The largest absolute Gasteiger partial charge is 0.444 e. The van der Waals surface area contributed by atoms with Gasteiger partial charge in [0.25, 0.3) is 0 Å². The van der Waals surface area contributed by atoms with Gasteiger partial charge < -0.3 is 15.0 Å². The Hall–Kier alpha value is -0.770. The number of amides is 1. The van der Waals surface area contributed by atoms with Crippen LogP contribution < -0.4 is 5.32 Å². The third-order valence-electron chi connectivity index (χ3n) is 4.15. The minimum atomic E-state index is -0.396. The number of piperidine rings is 1. The molecule has 1 atom stereocenters. The number of ether oxygens (including phenoxy) is 1. The maximum atomic E-state index is 12.0. The van der Waals surface area contributed by atoms with Crippen molar-refractivity contribution in [1.29, 1.82) is 0 Å². The van der Waals surface area contributed by atoms with E-state index in [2.05, 4.69) is 12.2 Å². The zero-order chi connectivity index (χ0) is 15.2. The lowest BCUT2D eigenvalue weighted by Crippen LogP contribution is -2.43. The van der Waals surface area contributed by atoms with Gasteiger partial charge in [-0.3, -0.25) is 0 Å². The molecule has 0 spiro atoms. The Balaban J connectivity index is 2.40. The summed E-state index contributed by atoms with van der Waals surface area (Å²) in [5.74, 6) is 1.54. The van der Waals surface area contributed by atoms with Crippen LogP contribution in [0, 0.1) is 11.8 Å². The van der Waals surface area contributed by atoms with Crippen LogP contribution in [0.15, 0.2) is 0 Å². The molecular formula is C16H32N2O2. The van der Waals surface area contributed by atoms with Crippen molar-refractivity contribution in [3.8, 4) is 0 Å². The molecule has 0 bridgehead atoms. The van der Waals surface area contributed by atoms with Gasteiger partial charge in [-0.15, -0.1) is 0 Å². The van der Waals surface area contributed by atoms with E-state index >= 15 is 0 Å². The van der Waals surface area contributed by atoms with Gasteiger partial charge in [-0.2, -0.15) is 0 Å². The molecule has 118 valence electrons. The lowest BCUT2D eigenvalue weighted by Gasteiger charge is -2.36. The van der Waals surface area contributed by atoms with E-state index in [-0.39, 0.29) is 6.09 Å². The second-order valence-corrected chi connectivity index (χ2v) is 6.87. The molecule has 0 aliphatic carbocycles. The summed E-state index contributed by atoms with van der Waals surface area (Å²) >= 11 is 0. The van der Waals surface area contributed by atoms with E-state index in [1.54, 1.807) is 0 Å². The van der Waals surface area contributed by atoms with Gasteiger partial charge in [0, 0.05) is 13.1 Å². The number of hydrogen-bond acceptors (Lipinski definition) is 3. The summed E-state index contributed by atoms with van der Waals surface area (Å²) in [6, 6.07) is 0. The average molecular weight is 284 g/mol. The summed E-state index contributed by atoms with van der Waals surface area (Å²) < 4.78 is 5.44. The zero-order valence-corrected chi connectivity index (χ0v) is 13.9. The number of carbonyl (C=O) groups is 1. The van der Waals surface area contributed by atoms with Crippen molar-refractivity contribution in [2.24, 2.45) is 11.8 Å². The van der Waals surface area contributed by atoms with Crippen LogP contribution in [0.3, 0.4) is 0 Å². The van der Waals surface area contributed by atoms with E-state index in [1.807, 2.05) is 32.7 Å². The maximum absolute atomic E-state index is 12.0. The number of rotatable bonds is 5. The molecule has 1 fully saturated rings. The summed E-state index contributed by atoms with van der Waals surface area (Å²) in [4.78, 5) is 13.9. The van der Waals surface area contributed by atoms with E-state index in [0.29, 0.717) is 0 Å². The van der Waals surface area contributed by atoms with Gasteiger partial charge in [0.05, 0.1) is 0 Å². The molecule has 1 aliphatic heterocycles. The van der Waals surface area contributed by atoms with Crippen LogP contribution in [-0.4, -0.2) is 43.3 Å². The van der Waals surface area contributed by atoms with Crippen LogP contribution in [0.5, 0.6) is 0 Å². The van der Waals surface area contributed by atoms with Gasteiger partial charge in [-0.1, -0.05) is 13.3 Å². The smallest absolute Gasteiger partial charge is 0.410 e. The summed E-state index contributed by atoms with van der Waals surface area (Å²) in [5, 5.41) is 3.24. The Morgan fingerprint density at radius 3 is 2.40 bits per heavy atom. The second-order valence-electron chi connectivity index (χ2n) is 6.87. The third kappa shape index (κ3) is 5.70. The first kappa shape index (κ1) is 17.3. The minimum Gasteiger partial charge on any atom is -0.444 e. The fourth-order valence-electron chi connectivity index (χ4n) is 2.98. The molecule has 20 heavy (non-hydrogen) atoms. The number of carbonyl (C=O) groups excluding carboxylic acids is 1. The summed E-state index contributed by atoms with van der Waals surface area (Å²) in [6.45, 7) is 10.8. The maximum Gasteiger partial charge on any atom is 0.410 e. The molecule has 1 aliphatic rings. The second kappa shape index (κ2) is 7.87. The zero-order valence-electron chi connectivity index (χ0n) is 13.9. The van der Waals surface area contributed by atoms with Crippen molar-refractivity contribution in [2.45, 2.75) is 59.0 Å². The first-order chi connectivity index (χ1) is 9.37. The monoisotopic (exact) mass is 284 g/mol. The molecule has 0 aromatic heterocycles. The molecule has 4 heteroatoms. The Kier molecular flexibility index (Phi) is 6.80. The van der Waals surface area contributed by atoms with Crippen LogP contribution in [0.4, 0.5) is 4.79 Å². The standard InChI is InChI=1S/C16H32N2O2/c1-6-13(7-10-17-5)14-8-11-18(12-9-14)15(19)20-16(2,3)4/h13-14,17H,6-12H2,1-5H3. The Morgan fingerprint density at radius 1 is 1.35 bits per heavy atom. The van der Waals surface area contributed by atoms with E-state index in [4.69, 9.17) is 4.74 Å². The molecule has 0 aromatic carbocycles. The van der Waals surface area contributed by atoms with Crippen LogP contribution in [0.2, 0.25) is 0 Å². The van der Waals surface area contributed by atoms with Gasteiger partial charge in [-0.05, 0) is 65.5 Å². The molecule has 1 heterocycles. The highest BCUT2D eigenvalue weighted by Gasteiger charge is 2.29. The van der Waals surface area contributed by atoms with Crippen molar-refractivity contribution < 1.29 is 9.53 Å². The van der Waals surface area contributed by atoms with Gasteiger partial charge in [-0.25, -0.2) is 4.79 Å². The highest BCUT2D eigenvalue weighted by molar-refractivity contribution is 5.68. The van der Waals surface area contributed by atoms with Gasteiger partial charge in [0.1, 0.15) is 5.60 Å². The fourth-order valence-corrected chi connectivity index (χ4v) is 2.98. The Labute approximate surface area is 124 Å². The minimum absolute atomic E-state index is 0.153. The van der Waals surface area contributed by atoms with Crippen LogP contribution >= 0.6 is 0 Å². The molecule has 0 radical (unpaired) electrons. The van der Waals surface area contributed by atoms with Gasteiger partial charge >= 0.3 is 6.09 Å². The molecule has 0 aromatic rings. The molecule has 1 unspecified atom stereocenters. The molecule has 1 N–H and O–H groups in total. The molecule has 4 nitrogen and oxygen atoms in total. The lowest BCUT2D eigenvalue weighted by atomic mass is 9.81. The van der Waals surface area contributed by atoms with Crippen molar-refractivity contribution in [1.82, 2.24) is 10.2 Å². The molecule has 1 saturated heterocycles. The number of likely N-dealkylation sites (tertiary alicyclic amines) is 1. The molecule has 1 rings (SSSR count). The van der Waals surface area contributed by atoms with E-state index < -0.39 is 5.60 Å². The van der Waals surface area contributed by atoms with Gasteiger partial charge in [0.2, 0.25) is 0 Å². The van der Waals surface area contributed by atoms with Crippen LogP contribution in [0.1, 0.15) is 53.4 Å². The predicted octanol–water partition coefficient (Wildman–Crippen LogP) is 3.27. The van der Waals surface area contributed by atoms with Crippen molar-refractivity contribution in [3.63, 3.8) is 0 Å². The number of nitrogens with zero attached hydrogens (tertiary/aromatic N) is 1. The van der Waals surface area contributed by atoms with Crippen molar-refractivity contribution in [2.75, 3.05) is 26.7 Å². The lowest BCUT2D eigenvalue weighted by molar-refractivity contribution is 0.0156. The Bertz CT molecular complexity index is 291. The average Bonchev–Trinajstić information content (AvgIpc) is 2.38. The van der Waals surface area contributed by atoms with Crippen LogP contribution in [0.25, 0.3) is 0 Å². The molecule has 1 amide bonds. The van der Waals surface area contributed by atoms with Crippen molar-refractivity contribution >= 4 is 6.09 Å². The van der Waals surface area contributed by atoms with E-state index in [9.17, 15) is 4.79 Å². The predicted molar refractivity (Wildman–Crippen MR) is 82.9 cm³/mol.